The van der Waals surface area contributed by atoms with Crippen LogP contribution in [0.15, 0.2) is 24.3 Å². The van der Waals surface area contributed by atoms with Crippen molar-refractivity contribution in [3.63, 3.8) is 0 Å². The van der Waals surface area contributed by atoms with Gasteiger partial charge < -0.3 is 5.73 Å². The van der Waals surface area contributed by atoms with Crippen LogP contribution in [0.1, 0.15) is 24.9 Å². The highest BCUT2D eigenvalue weighted by molar-refractivity contribution is 5.39. The Bertz CT molecular complexity index is 291. The molecule has 2 rings (SSSR count). The first-order valence-corrected chi connectivity index (χ1v) is 5.02. The minimum Gasteiger partial charge on any atom is -0.399 e. The Morgan fingerprint density at radius 1 is 1.36 bits per heavy atom. The van der Waals surface area contributed by atoms with Crippen LogP contribution in [0.3, 0.4) is 0 Å². The number of nitrogen functional groups attached to an aromatic ring is 1. The Morgan fingerprint density at radius 3 is 2.64 bits per heavy atom. The summed E-state index contributed by atoms with van der Waals surface area (Å²) in [6, 6.07) is 8.30. The van der Waals surface area contributed by atoms with Crippen LogP contribution in [0.2, 0.25) is 0 Å². The highest BCUT2D eigenvalue weighted by atomic mass is 16.7. The van der Waals surface area contributed by atoms with Gasteiger partial charge in [0.25, 0.3) is 0 Å². The highest BCUT2D eigenvalue weighted by Gasteiger charge is 2.20. The molecule has 1 saturated heterocycles. The zero-order chi connectivity index (χ0) is 9.97. The van der Waals surface area contributed by atoms with E-state index in [-0.39, 0.29) is 0 Å². The van der Waals surface area contributed by atoms with Crippen molar-refractivity contribution in [3.05, 3.63) is 29.8 Å². The standard InChI is InChI=1S/C11H16N2O/c1-9(13-7-2-8-14-13)10-3-5-11(12)6-4-10/h3-6,9H,2,7-8,12H2,1H3. The lowest BCUT2D eigenvalue weighted by Crippen LogP contribution is -2.21. The topological polar surface area (TPSA) is 38.5 Å². The van der Waals surface area contributed by atoms with Gasteiger partial charge in [-0.1, -0.05) is 12.1 Å². The van der Waals surface area contributed by atoms with Gasteiger partial charge in [-0.15, -0.1) is 0 Å². The third-order valence-corrected chi connectivity index (χ3v) is 2.63. The first kappa shape index (κ1) is 9.49. The van der Waals surface area contributed by atoms with Gasteiger partial charge in [0.1, 0.15) is 0 Å². The summed E-state index contributed by atoms with van der Waals surface area (Å²) in [6.07, 6.45) is 1.12. The van der Waals surface area contributed by atoms with E-state index in [0.29, 0.717) is 6.04 Å². The molecular formula is C11H16N2O. The van der Waals surface area contributed by atoms with Crippen LogP contribution in [0.25, 0.3) is 0 Å². The molecule has 1 unspecified atom stereocenters. The van der Waals surface area contributed by atoms with E-state index >= 15 is 0 Å². The fraction of sp³-hybridized carbons (Fsp3) is 0.455. The molecule has 1 atom stereocenters. The molecular weight excluding hydrogens is 176 g/mol. The molecule has 0 aliphatic carbocycles. The molecule has 1 fully saturated rings. The molecule has 1 aromatic carbocycles. The quantitative estimate of drug-likeness (QED) is 0.728. The predicted octanol–water partition coefficient (Wildman–Crippen LogP) is 1.97. The Morgan fingerprint density at radius 2 is 2.07 bits per heavy atom. The Balaban J connectivity index is 2.09. The first-order chi connectivity index (χ1) is 6.77. The summed E-state index contributed by atoms with van der Waals surface area (Å²) in [5.74, 6) is 0. The summed E-state index contributed by atoms with van der Waals surface area (Å²) in [4.78, 5) is 5.50. The SMILES string of the molecule is CC(c1ccc(N)cc1)N1CCCO1. The van der Waals surface area contributed by atoms with Crippen molar-refractivity contribution in [3.8, 4) is 0 Å². The summed E-state index contributed by atoms with van der Waals surface area (Å²) in [7, 11) is 0. The van der Waals surface area contributed by atoms with E-state index in [1.807, 2.05) is 17.2 Å². The van der Waals surface area contributed by atoms with Gasteiger partial charge >= 0.3 is 0 Å². The van der Waals surface area contributed by atoms with Crippen LogP contribution >= 0.6 is 0 Å². The van der Waals surface area contributed by atoms with Crippen molar-refractivity contribution >= 4 is 5.69 Å². The smallest absolute Gasteiger partial charge is 0.0698 e. The lowest BCUT2D eigenvalue weighted by molar-refractivity contribution is -0.138. The van der Waals surface area contributed by atoms with Crippen LogP contribution < -0.4 is 5.73 Å². The van der Waals surface area contributed by atoms with E-state index in [1.165, 1.54) is 5.56 Å². The number of benzene rings is 1. The predicted molar refractivity (Wildman–Crippen MR) is 56.5 cm³/mol. The average molecular weight is 192 g/mol. The van der Waals surface area contributed by atoms with Gasteiger partial charge in [-0.25, -0.2) is 0 Å². The largest absolute Gasteiger partial charge is 0.399 e. The second kappa shape index (κ2) is 3.98. The van der Waals surface area contributed by atoms with Crippen molar-refractivity contribution in [1.82, 2.24) is 5.06 Å². The first-order valence-electron chi connectivity index (χ1n) is 5.02. The molecule has 0 saturated carbocycles. The molecule has 3 heteroatoms. The Kier molecular flexibility index (Phi) is 2.70. The van der Waals surface area contributed by atoms with Gasteiger partial charge in [-0.2, -0.15) is 5.06 Å². The minimum atomic E-state index is 0.318. The van der Waals surface area contributed by atoms with Gasteiger partial charge in [0.2, 0.25) is 0 Å². The van der Waals surface area contributed by atoms with E-state index in [0.717, 1.165) is 25.3 Å². The van der Waals surface area contributed by atoms with Gasteiger partial charge in [0.05, 0.1) is 12.6 Å². The fourth-order valence-corrected chi connectivity index (χ4v) is 1.71. The zero-order valence-electron chi connectivity index (χ0n) is 8.44. The fourth-order valence-electron chi connectivity index (χ4n) is 1.71. The molecule has 0 radical (unpaired) electrons. The molecule has 1 heterocycles. The maximum atomic E-state index is 5.64. The number of rotatable bonds is 2. The normalized spacial score (nSPS) is 19.8. The number of hydrogen-bond donors (Lipinski definition) is 1. The molecule has 1 aromatic rings. The summed E-state index contributed by atoms with van der Waals surface area (Å²) in [5, 5.41) is 2.03. The van der Waals surface area contributed by atoms with Gasteiger partial charge in [0.15, 0.2) is 0 Å². The second-order valence-corrected chi connectivity index (χ2v) is 3.67. The van der Waals surface area contributed by atoms with Crippen molar-refractivity contribution in [2.45, 2.75) is 19.4 Å². The van der Waals surface area contributed by atoms with E-state index < -0.39 is 0 Å². The lowest BCUT2D eigenvalue weighted by Gasteiger charge is -2.22. The van der Waals surface area contributed by atoms with E-state index in [9.17, 15) is 0 Å². The zero-order valence-corrected chi connectivity index (χ0v) is 8.44. The van der Waals surface area contributed by atoms with Crippen LogP contribution in [0.4, 0.5) is 5.69 Å². The number of hydroxylamine groups is 2. The number of nitrogens with two attached hydrogens (primary N) is 1. The third kappa shape index (κ3) is 1.89. The van der Waals surface area contributed by atoms with E-state index in [4.69, 9.17) is 10.6 Å². The summed E-state index contributed by atoms with van der Waals surface area (Å²) in [6.45, 7) is 4.02. The maximum absolute atomic E-state index is 5.64. The highest BCUT2D eigenvalue weighted by Crippen LogP contribution is 2.24. The number of hydrogen-bond acceptors (Lipinski definition) is 3. The number of nitrogens with zero attached hydrogens (tertiary/aromatic N) is 1. The Labute approximate surface area is 84.4 Å². The molecule has 0 bridgehead atoms. The molecule has 76 valence electrons. The second-order valence-electron chi connectivity index (χ2n) is 3.67. The molecule has 3 nitrogen and oxygen atoms in total. The number of anilines is 1. The molecule has 2 N–H and O–H groups in total. The van der Waals surface area contributed by atoms with Crippen LogP contribution in [-0.4, -0.2) is 18.2 Å². The van der Waals surface area contributed by atoms with Crippen LogP contribution in [-0.2, 0) is 4.84 Å². The van der Waals surface area contributed by atoms with E-state index in [1.54, 1.807) is 0 Å². The molecule has 0 spiro atoms. The maximum Gasteiger partial charge on any atom is 0.0698 e. The third-order valence-electron chi connectivity index (χ3n) is 2.63. The molecule has 1 aliphatic heterocycles. The van der Waals surface area contributed by atoms with Crippen molar-refractivity contribution < 1.29 is 4.84 Å². The Hall–Kier alpha value is -1.06. The lowest BCUT2D eigenvalue weighted by atomic mass is 10.1. The summed E-state index contributed by atoms with van der Waals surface area (Å²) in [5.41, 5.74) is 7.70. The van der Waals surface area contributed by atoms with Crippen molar-refractivity contribution in [1.29, 1.82) is 0 Å². The van der Waals surface area contributed by atoms with Gasteiger partial charge in [-0.3, -0.25) is 4.84 Å². The molecule has 0 aromatic heterocycles. The molecule has 0 amide bonds. The summed E-state index contributed by atoms with van der Waals surface area (Å²) < 4.78 is 0. The van der Waals surface area contributed by atoms with E-state index in [2.05, 4.69) is 19.1 Å². The summed E-state index contributed by atoms with van der Waals surface area (Å²) >= 11 is 0. The molecule has 1 aliphatic rings. The molecule has 14 heavy (non-hydrogen) atoms. The average Bonchev–Trinajstić information content (AvgIpc) is 2.71. The van der Waals surface area contributed by atoms with Crippen LogP contribution in [0, 0.1) is 0 Å². The van der Waals surface area contributed by atoms with Crippen LogP contribution in [0.5, 0.6) is 0 Å². The van der Waals surface area contributed by atoms with Crippen molar-refractivity contribution in [2.24, 2.45) is 0 Å². The van der Waals surface area contributed by atoms with Gasteiger partial charge in [-0.05, 0) is 31.0 Å². The van der Waals surface area contributed by atoms with Crippen molar-refractivity contribution in [2.75, 3.05) is 18.9 Å². The minimum absolute atomic E-state index is 0.318. The van der Waals surface area contributed by atoms with Gasteiger partial charge in [0, 0.05) is 12.2 Å². The monoisotopic (exact) mass is 192 g/mol.